The first-order valence-electron chi connectivity index (χ1n) is 3.12. The Hall–Kier alpha value is 0.142. The Labute approximate surface area is 67.4 Å². The number of rotatable bonds is 0. The van der Waals surface area contributed by atoms with Crippen LogP contribution in [-0.2, 0) is 19.2 Å². The minimum absolute atomic E-state index is 1.14. The zero-order chi connectivity index (χ0) is 7.02. The SMILES string of the molecule is CC1=C(C)C(C)=[C]([Pd])C1. The van der Waals surface area contributed by atoms with Crippen molar-refractivity contribution < 1.29 is 19.2 Å². The van der Waals surface area contributed by atoms with E-state index in [9.17, 15) is 0 Å². The molecule has 0 aromatic rings. The van der Waals surface area contributed by atoms with E-state index in [0.717, 1.165) is 6.42 Å². The van der Waals surface area contributed by atoms with Gasteiger partial charge in [0.1, 0.15) is 0 Å². The van der Waals surface area contributed by atoms with Crippen LogP contribution in [0.4, 0.5) is 0 Å². The van der Waals surface area contributed by atoms with Crippen molar-refractivity contribution in [3.05, 3.63) is 20.8 Å². The summed E-state index contributed by atoms with van der Waals surface area (Å²) in [5, 5.41) is 0. The third-order valence-corrected chi connectivity index (χ3v) is 2.85. The zero-order valence-corrected chi connectivity index (χ0v) is 7.58. The van der Waals surface area contributed by atoms with Gasteiger partial charge < -0.3 is 0 Å². The van der Waals surface area contributed by atoms with E-state index in [2.05, 4.69) is 40.0 Å². The average Bonchev–Trinajstić information content (AvgIpc) is 1.98. The first-order chi connectivity index (χ1) is 4.13. The molecule has 0 spiro atoms. The Morgan fingerprint density at radius 3 is 1.78 bits per heavy atom. The predicted octanol–water partition coefficient (Wildman–Crippen LogP) is 2.55. The van der Waals surface area contributed by atoms with Gasteiger partial charge in [0.05, 0.1) is 0 Å². The molecule has 0 fully saturated rings. The van der Waals surface area contributed by atoms with Crippen LogP contribution in [0.25, 0.3) is 0 Å². The fraction of sp³-hybridized carbons (Fsp3) is 0.500. The first-order valence-corrected chi connectivity index (χ1v) is 3.89. The zero-order valence-electron chi connectivity index (χ0n) is 6.02. The van der Waals surface area contributed by atoms with Crippen molar-refractivity contribution in [2.45, 2.75) is 27.2 Å². The molecular weight excluding hydrogens is 203 g/mol. The van der Waals surface area contributed by atoms with E-state index in [0.29, 0.717) is 0 Å². The summed E-state index contributed by atoms with van der Waals surface area (Å²) in [6, 6.07) is 0. The van der Waals surface area contributed by atoms with Crippen molar-refractivity contribution in [3.63, 3.8) is 0 Å². The van der Waals surface area contributed by atoms with Crippen LogP contribution in [0.1, 0.15) is 27.2 Å². The van der Waals surface area contributed by atoms with Crippen LogP contribution in [-0.4, -0.2) is 0 Å². The molecule has 0 saturated heterocycles. The molecule has 1 aliphatic carbocycles. The van der Waals surface area contributed by atoms with Gasteiger partial charge in [-0.25, -0.2) is 0 Å². The molecule has 9 heavy (non-hydrogen) atoms. The van der Waals surface area contributed by atoms with E-state index in [-0.39, 0.29) is 0 Å². The van der Waals surface area contributed by atoms with E-state index in [1.165, 1.54) is 20.8 Å². The number of hydrogen-bond acceptors (Lipinski definition) is 0. The van der Waals surface area contributed by atoms with Crippen LogP contribution in [0.15, 0.2) is 20.8 Å². The van der Waals surface area contributed by atoms with Crippen molar-refractivity contribution in [2.24, 2.45) is 0 Å². The maximum atomic E-state index is 3.26. The number of allylic oxidation sites excluding steroid dienone is 4. The fourth-order valence-corrected chi connectivity index (χ4v) is 1.70. The minimum atomic E-state index is 1.14. The third-order valence-electron chi connectivity index (χ3n) is 2.00. The van der Waals surface area contributed by atoms with Gasteiger partial charge in [0, 0.05) is 0 Å². The molecule has 53 valence electrons. The normalized spacial score (nSPS) is 20.1. The quantitative estimate of drug-likeness (QED) is 0.543. The van der Waals surface area contributed by atoms with E-state index >= 15 is 0 Å². The van der Waals surface area contributed by atoms with Gasteiger partial charge in [-0.2, -0.15) is 0 Å². The number of hydrogen-bond donors (Lipinski definition) is 0. The summed E-state index contributed by atoms with van der Waals surface area (Å²) in [7, 11) is 0. The summed E-state index contributed by atoms with van der Waals surface area (Å²) in [6.07, 6.45) is 1.14. The van der Waals surface area contributed by atoms with Crippen molar-refractivity contribution in [3.8, 4) is 0 Å². The summed E-state index contributed by atoms with van der Waals surface area (Å²) in [5.74, 6) is 0. The molecule has 1 aliphatic rings. The molecule has 0 amide bonds. The van der Waals surface area contributed by atoms with Gasteiger partial charge in [-0.3, -0.25) is 0 Å². The molecule has 0 heterocycles. The van der Waals surface area contributed by atoms with Crippen LogP contribution >= 0.6 is 0 Å². The molecular formula is C8H11Pd. The summed E-state index contributed by atoms with van der Waals surface area (Å²) in [5.41, 5.74) is 4.42. The Balaban J connectivity index is 2.97. The summed E-state index contributed by atoms with van der Waals surface area (Å²) >= 11 is 3.26. The third kappa shape index (κ3) is 1.18. The van der Waals surface area contributed by atoms with E-state index in [4.69, 9.17) is 0 Å². The molecule has 0 bridgehead atoms. The fourth-order valence-electron chi connectivity index (χ4n) is 0.994. The molecule has 0 radical (unpaired) electrons. The molecule has 0 unspecified atom stereocenters. The van der Waals surface area contributed by atoms with Gasteiger partial charge in [0.25, 0.3) is 0 Å². The average molecular weight is 214 g/mol. The van der Waals surface area contributed by atoms with Gasteiger partial charge in [0.15, 0.2) is 0 Å². The molecule has 0 nitrogen and oxygen atoms in total. The van der Waals surface area contributed by atoms with Crippen LogP contribution in [0.2, 0.25) is 0 Å². The molecule has 1 rings (SSSR count). The van der Waals surface area contributed by atoms with Crippen molar-refractivity contribution >= 4 is 0 Å². The topological polar surface area (TPSA) is 0 Å². The van der Waals surface area contributed by atoms with Crippen LogP contribution in [0.5, 0.6) is 0 Å². The van der Waals surface area contributed by atoms with Gasteiger partial charge in [-0.05, 0) is 0 Å². The van der Waals surface area contributed by atoms with Gasteiger partial charge in [-0.1, -0.05) is 0 Å². The molecule has 0 saturated carbocycles. The van der Waals surface area contributed by atoms with Crippen molar-refractivity contribution in [1.82, 2.24) is 0 Å². The van der Waals surface area contributed by atoms with E-state index < -0.39 is 0 Å². The molecule has 1 heteroatoms. The Kier molecular flexibility index (Phi) is 1.94. The second-order valence-corrected chi connectivity index (χ2v) is 3.51. The first kappa shape index (κ1) is 7.25. The van der Waals surface area contributed by atoms with Gasteiger partial charge in [-0.15, -0.1) is 0 Å². The van der Waals surface area contributed by atoms with Crippen LogP contribution in [0.3, 0.4) is 0 Å². The van der Waals surface area contributed by atoms with Gasteiger partial charge in [0.2, 0.25) is 0 Å². The van der Waals surface area contributed by atoms with E-state index in [1.54, 1.807) is 0 Å². The van der Waals surface area contributed by atoms with Crippen LogP contribution in [0, 0.1) is 0 Å². The Morgan fingerprint density at radius 1 is 1.11 bits per heavy atom. The van der Waals surface area contributed by atoms with E-state index in [1.807, 2.05) is 0 Å². The van der Waals surface area contributed by atoms with Crippen molar-refractivity contribution in [2.75, 3.05) is 0 Å². The monoisotopic (exact) mass is 213 g/mol. The van der Waals surface area contributed by atoms with Gasteiger partial charge >= 0.3 is 67.2 Å². The maximum absolute atomic E-state index is 3.26. The molecule has 0 aromatic heterocycles. The summed E-state index contributed by atoms with van der Waals surface area (Å²) in [6.45, 7) is 6.55. The molecule has 0 aromatic carbocycles. The second-order valence-electron chi connectivity index (χ2n) is 2.57. The second kappa shape index (κ2) is 2.40. The standard InChI is InChI=1S/C8H11.Pd/c1-6-4-5-7(2)8(6)3;/h4H2,1-3H3;. The molecule has 0 atom stereocenters. The molecule has 0 N–H and O–H groups in total. The van der Waals surface area contributed by atoms with Crippen molar-refractivity contribution in [1.29, 1.82) is 0 Å². The molecule has 0 aliphatic heterocycles. The predicted molar refractivity (Wildman–Crippen MR) is 35.7 cm³/mol. The Bertz CT molecular complexity index is 175. The Morgan fingerprint density at radius 2 is 1.67 bits per heavy atom. The summed E-state index contributed by atoms with van der Waals surface area (Å²) < 4.78 is 1.40. The van der Waals surface area contributed by atoms with Crippen LogP contribution < -0.4 is 0 Å². The summed E-state index contributed by atoms with van der Waals surface area (Å²) in [4.78, 5) is 0.